The molecule has 0 aliphatic carbocycles. The Labute approximate surface area is 164 Å². The number of hydrogen-bond acceptors (Lipinski definition) is 6. The molecule has 0 aromatic rings. The van der Waals surface area contributed by atoms with E-state index in [4.69, 9.17) is 4.74 Å². The van der Waals surface area contributed by atoms with Gasteiger partial charge in [-0.25, -0.2) is 9.59 Å². The zero-order valence-electron chi connectivity index (χ0n) is 16.4. The van der Waals surface area contributed by atoms with Crippen LogP contribution in [0, 0.1) is 5.92 Å². The number of unbranched alkanes of at least 4 members (excludes halogenated alkanes) is 1. The second kappa shape index (κ2) is 10.5. The van der Waals surface area contributed by atoms with Crippen molar-refractivity contribution in [3.8, 4) is 0 Å². The fourth-order valence-electron chi connectivity index (χ4n) is 2.84. The molecule has 1 unspecified atom stereocenters. The van der Waals surface area contributed by atoms with Gasteiger partial charge in [0.25, 0.3) is 0 Å². The van der Waals surface area contributed by atoms with Crippen molar-refractivity contribution in [3.63, 3.8) is 0 Å². The van der Waals surface area contributed by atoms with Crippen LogP contribution >= 0.6 is 11.8 Å². The van der Waals surface area contributed by atoms with Gasteiger partial charge < -0.3 is 20.1 Å². The smallest absolute Gasteiger partial charge is 0.407 e. The van der Waals surface area contributed by atoms with Crippen LogP contribution in [0.2, 0.25) is 0 Å². The molecule has 0 aromatic carbocycles. The molecule has 8 nitrogen and oxygen atoms in total. The Morgan fingerprint density at radius 1 is 1.33 bits per heavy atom. The summed E-state index contributed by atoms with van der Waals surface area (Å²) < 4.78 is 5.13. The third-order valence-electron chi connectivity index (χ3n) is 3.99. The molecule has 1 aliphatic rings. The van der Waals surface area contributed by atoms with Gasteiger partial charge in [-0.05, 0) is 46.0 Å². The number of alkyl carbamates (subject to hydrolysis) is 1. The van der Waals surface area contributed by atoms with Gasteiger partial charge in [-0.1, -0.05) is 11.8 Å². The van der Waals surface area contributed by atoms with Gasteiger partial charge in [0.05, 0.1) is 0 Å². The van der Waals surface area contributed by atoms with Crippen LogP contribution in [-0.4, -0.2) is 63.6 Å². The molecule has 2 atom stereocenters. The van der Waals surface area contributed by atoms with E-state index in [9.17, 15) is 24.3 Å². The van der Waals surface area contributed by atoms with Crippen molar-refractivity contribution in [3.05, 3.63) is 0 Å². The zero-order valence-corrected chi connectivity index (χ0v) is 17.3. The minimum atomic E-state index is -1.02. The summed E-state index contributed by atoms with van der Waals surface area (Å²) in [6.07, 6.45) is 1.25. The number of carboxylic acid groups (broad SMARTS) is 1. The molecule has 1 heterocycles. The van der Waals surface area contributed by atoms with Crippen LogP contribution in [-0.2, 0) is 19.1 Å². The molecule has 154 valence electrons. The maximum absolute atomic E-state index is 12.2. The molecule has 1 saturated heterocycles. The molecule has 1 rings (SSSR count). The first-order chi connectivity index (χ1) is 12.5. The molecule has 2 amide bonds. The van der Waals surface area contributed by atoms with E-state index in [1.165, 1.54) is 23.6 Å². The van der Waals surface area contributed by atoms with Crippen LogP contribution in [0.15, 0.2) is 0 Å². The molecule has 0 aromatic heterocycles. The Balaban J connectivity index is 2.40. The number of amides is 2. The fraction of sp³-hybridized carbons (Fsp3) is 0.778. The molecular formula is C18H30N2O6S. The minimum Gasteiger partial charge on any atom is -0.480 e. The molecule has 0 bridgehead atoms. The van der Waals surface area contributed by atoms with Gasteiger partial charge in [-0.3, -0.25) is 9.59 Å². The topological polar surface area (TPSA) is 113 Å². The average Bonchev–Trinajstić information content (AvgIpc) is 2.87. The predicted octanol–water partition coefficient (Wildman–Crippen LogP) is 2.26. The van der Waals surface area contributed by atoms with Crippen molar-refractivity contribution in [2.24, 2.45) is 5.92 Å². The first kappa shape index (κ1) is 23.3. The predicted molar refractivity (Wildman–Crippen MR) is 102 cm³/mol. The number of aliphatic carboxylic acids is 1. The van der Waals surface area contributed by atoms with E-state index < -0.39 is 23.7 Å². The van der Waals surface area contributed by atoms with Crippen LogP contribution in [0.4, 0.5) is 4.79 Å². The number of carbonyl (C=O) groups is 4. The monoisotopic (exact) mass is 402 g/mol. The standard InChI is InChI=1S/C18H30N2O6S/c1-12(21)27-11-13-9-15(22)20(10-13)14(16(23)24)7-5-6-8-19-17(25)26-18(2,3)4/h13-14H,5-11H2,1-4H3,(H,19,25)(H,23,24)/t13?,14-/m0/s1. The van der Waals surface area contributed by atoms with E-state index in [0.717, 1.165) is 0 Å². The lowest BCUT2D eigenvalue weighted by atomic mass is 10.1. The third-order valence-corrected chi connectivity index (χ3v) is 5.04. The van der Waals surface area contributed by atoms with E-state index in [-0.39, 0.29) is 23.4 Å². The Bertz CT molecular complexity index is 561. The van der Waals surface area contributed by atoms with Crippen molar-refractivity contribution in [2.75, 3.05) is 18.8 Å². The summed E-state index contributed by atoms with van der Waals surface area (Å²) >= 11 is 1.17. The second-order valence-electron chi connectivity index (χ2n) is 7.70. The Kier molecular flexibility index (Phi) is 9.08. The van der Waals surface area contributed by atoms with Gasteiger partial charge in [-0.15, -0.1) is 0 Å². The number of carboxylic acids is 1. The largest absolute Gasteiger partial charge is 0.480 e. The first-order valence-electron chi connectivity index (χ1n) is 9.12. The molecule has 0 saturated carbocycles. The van der Waals surface area contributed by atoms with Gasteiger partial charge in [0, 0.05) is 32.2 Å². The molecule has 0 spiro atoms. The van der Waals surface area contributed by atoms with E-state index in [1.807, 2.05) is 0 Å². The van der Waals surface area contributed by atoms with Crippen LogP contribution in [0.25, 0.3) is 0 Å². The SMILES string of the molecule is CC(=O)SCC1CC(=O)N([C@@H](CCCCNC(=O)OC(C)(C)C)C(=O)O)C1. The number of rotatable bonds is 9. The Morgan fingerprint density at radius 3 is 2.56 bits per heavy atom. The lowest BCUT2D eigenvalue weighted by Crippen LogP contribution is -2.42. The van der Waals surface area contributed by atoms with Crippen LogP contribution in [0.1, 0.15) is 53.4 Å². The van der Waals surface area contributed by atoms with Crippen LogP contribution < -0.4 is 5.32 Å². The number of carbonyl (C=O) groups excluding carboxylic acids is 3. The molecule has 1 aliphatic heterocycles. The molecule has 9 heteroatoms. The normalized spacial score (nSPS) is 18.3. The summed E-state index contributed by atoms with van der Waals surface area (Å²) in [4.78, 5) is 47.8. The summed E-state index contributed by atoms with van der Waals surface area (Å²) in [7, 11) is 0. The summed E-state index contributed by atoms with van der Waals surface area (Å²) in [5.41, 5.74) is -0.564. The van der Waals surface area contributed by atoms with E-state index >= 15 is 0 Å². The van der Waals surface area contributed by atoms with Crippen molar-refractivity contribution in [2.45, 2.75) is 65.0 Å². The lowest BCUT2D eigenvalue weighted by Gasteiger charge is -2.25. The van der Waals surface area contributed by atoms with Crippen LogP contribution in [0.5, 0.6) is 0 Å². The summed E-state index contributed by atoms with van der Waals surface area (Å²) in [5.74, 6) is -0.669. The number of likely N-dealkylation sites (tertiary alicyclic amines) is 1. The lowest BCUT2D eigenvalue weighted by molar-refractivity contribution is -0.148. The molecule has 0 radical (unpaired) electrons. The van der Waals surface area contributed by atoms with Gasteiger partial charge in [0.2, 0.25) is 5.91 Å². The van der Waals surface area contributed by atoms with Gasteiger partial charge in [0.15, 0.2) is 5.12 Å². The number of nitrogens with one attached hydrogen (secondary N) is 1. The molecular weight excluding hydrogens is 372 g/mol. The minimum absolute atomic E-state index is 0.00193. The van der Waals surface area contributed by atoms with Crippen molar-refractivity contribution in [1.29, 1.82) is 0 Å². The highest BCUT2D eigenvalue weighted by molar-refractivity contribution is 8.13. The van der Waals surface area contributed by atoms with Gasteiger partial charge in [0.1, 0.15) is 11.6 Å². The zero-order chi connectivity index (χ0) is 20.6. The van der Waals surface area contributed by atoms with E-state index in [2.05, 4.69) is 5.32 Å². The highest BCUT2D eigenvalue weighted by atomic mass is 32.2. The highest BCUT2D eigenvalue weighted by Crippen LogP contribution is 2.25. The molecule has 1 fully saturated rings. The number of nitrogens with zero attached hydrogens (tertiary/aromatic N) is 1. The van der Waals surface area contributed by atoms with Gasteiger partial charge >= 0.3 is 12.1 Å². The van der Waals surface area contributed by atoms with Crippen molar-refractivity contribution < 1.29 is 29.0 Å². The Morgan fingerprint density at radius 2 is 2.00 bits per heavy atom. The first-order valence-corrected chi connectivity index (χ1v) is 10.1. The maximum Gasteiger partial charge on any atom is 0.407 e. The summed E-state index contributed by atoms with van der Waals surface area (Å²) in [6, 6.07) is -0.869. The summed E-state index contributed by atoms with van der Waals surface area (Å²) in [5, 5.41) is 12.1. The average molecular weight is 403 g/mol. The molecule has 27 heavy (non-hydrogen) atoms. The van der Waals surface area contributed by atoms with Gasteiger partial charge in [-0.2, -0.15) is 0 Å². The number of thioether (sulfide) groups is 1. The van der Waals surface area contributed by atoms with Crippen molar-refractivity contribution in [1.82, 2.24) is 10.2 Å². The highest BCUT2D eigenvalue weighted by Gasteiger charge is 2.37. The molecule has 2 N–H and O–H groups in total. The second-order valence-corrected chi connectivity index (χ2v) is 8.89. The quantitative estimate of drug-likeness (QED) is 0.569. The number of ether oxygens (including phenoxy) is 1. The fourth-order valence-corrected chi connectivity index (χ4v) is 3.53. The number of hydrogen-bond donors (Lipinski definition) is 2. The third kappa shape index (κ3) is 9.12. The Hall–Kier alpha value is -1.77. The van der Waals surface area contributed by atoms with E-state index in [1.54, 1.807) is 20.8 Å². The van der Waals surface area contributed by atoms with Crippen molar-refractivity contribution >= 4 is 34.8 Å². The van der Waals surface area contributed by atoms with E-state index in [0.29, 0.717) is 38.1 Å². The maximum atomic E-state index is 12.2. The summed E-state index contributed by atoms with van der Waals surface area (Å²) in [6.45, 7) is 7.56. The van der Waals surface area contributed by atoms with Crippen LogP contribution in [0.3, 0.4) is 0 Å².